The van der Waals surface area contributed by atoms with Gasteiger partial charge < -0.3 is 10.6 Å². The van der Waals surface area contributed by atoms with Crippen molar-refractivity contribution in [3.8, 4) is 0 Å². The van der Waals surface area contributed by atoms with Gasteiger partial charge in [0, 0.05) is 12.6 Å². The summed E-state index contributed by atoms with van der Waals surface area (Å²) in [6.45, 7) is 5.45. The molecule has 130 valence electrons. The fraction of sp³-hybridized carbons (Fsp3) is 0.929. The van der Waals surface area contributed by atoms with Crippen molar-refractivity contribution >= 4 is 28.2 Å². The predicted octanol–water partition coefficient (Wildman–Crippen LogP) is 0.115. The Morgan fingerprint density at radius 1 is 1.27 bits per heavy atom. The molecule has 1 amide bonds. The molecule has 2 heterocycles. The van der Waals surface area contributed by atoms with Crippen LogP contribution in [-0.4, -0.2) is 74.4 Å². The molecule has 0 bridgehead atoms. The number of amides is 1. The molecule has 0 aromatic carbocycles. The Morgan fingerprint density at radius 3 is 2.36 bits per heavy atom. The van der Waals surface area contributed by atoms with E-state index in [4.69, 9.17) is 5.73 Å². The topological polar surface area (TPSA) is 83.7 Å². The van der Waals surface area contributed by atoms with Crippen molar-refractivity contribution in [2.24, 2.45) is 11.7 Å². The highest BCUT2D eigenvalue weighted by molar-refractivity contribution is 7.91. The molecule has 2 rings (SSSR count). The first-order valence-corrected chi connectivity index (χ1v) is 9.69. The molecular weight excluding hydrogens is 326 g/mol. The Kier molecular flexibility index (Phi) is 7.58. The smallest absolute Gasteiger partial charge is 0.237 e. The number of piperidine rings is 1. The summed E-state index contributed by atoms with van der Waals surface area (Å²) >= 11 is 0. The van der Waals surface area contributed by atoms with Gasteiger partial charge in [-0.05, 0) is 51.7 Å². The van der Waals surface area contributed by atoms with Crippen molar-refractivity contribution < 1.29 is 13.2 Å². The van der Waals surface area contributed by atoms with Gasteiger partial charge in [-0.3, -0.25) is 9.69 Å². The van der Waals surface area contributed by atoms with Crippen LogP contribution >= 0.6 is 12.4 Å². The van der Waals surface area contributed by atoms with Crippen LogP contribution < -0.4 is 5.73 Å². The number of nitrogens with two attached hydrogens (primary N) is 1. The lowest BCUT2D eigenvalue weighted by molar-refractivity contribution is -0.134. The molecule has 2 saturated heterocycles. The number of nitrogens with zero attached hydrogens (tertiary/aromatic N) is 2. The Hall–Kier alpha value is -0.370. The van der Waals surface area contributed by atoms with Gasteiger partial charge in [-0.25, -0.2) is 8.42 Å². The van der Waals surface area contributed by atoms with Crippen molar-refractivity contribution in [3.63, 3.8) is 0 Å². The summed E-state index contributed by atoms with van der Waals surface area (Å²) in [5.41, 5.74) is 5.68. The van der Waals surface area contributed by atoms with Gasteiger partial charge in [-0.2, -0.15) is 0 Å². The summed E-state index contributed by atoms with van der Waals surface area (Å²) in [6, 6.07) is -0.130. The molecule has 1 atom stereocenters. The molecule has 22 heavy (non-hydrogen) atoms. The summed E-state index contributed by atoms with van der Waals surface area (Å²) in [5, 5.41) is 0. The van der Waals surface area contributed by atoms with E-state index in [0.29, 0.717) is 25.4 Å². The van der Waals surface area contributed by atoms with Gasteiger partial charge in [0.25, 0.3) is 0 Å². The molecule has 2 aliphatic heterocycles. The van der Waals surface area contributed by atoms with Crippen LogP contribution in [0.3, 0.4) is 0 Å². The lowest BCUT2D eigenvalue weighted by Crippen LogP contribution is -2.48. The Balaban J connectivity index is 0.00000242. The fourth-order valence-electron chi connectivity index (χ4n) is 3.32. The minimum Gasteiger partial charge on any atom is -0.338 e. The minimum atomic E-state index is -2.95. The first-order valence-electron chi connectivity index (χ1n) is 7.87. The van der Waals surface area contributed by atoms with Gasteiger partial charge in [0.15, 0.2) is 9.84 Å². The van der Waals surface area contributed by atoms with E-state index in [-0.39, 0.29) is 35.9 Å². The van der Waals surface area contributed by atoms with Gasteiger partial charge in [0.2, 0.25) is 5.91 Å². The number of likely N-dealkylation sites (tertiary alicyclic amines) is 1. The zero-order chi connectivity index (χ0) is 15.5. The van der Waals surface area contributed by atoms with Gasteiger partial charge in [0.05, 0.1) is 18.1 Å². The predicted molar refractivity (Wildman–Crippen MR) is 89.9 cm³/mol. The maximum atomic E-state index is 12.5. The Labute approximate surface area is 139 Å². The third-order valence-corrected chi connectivity index (χ3v) is 6.46. The van der Waals surface area contributed by atoms with Crippen LogP contribution in [0.5, 0.6) is 0 Å². The Bertz CT molecular complexity index is 464. The highest BCUT2D eigenvalue weighted by Gasteiger charge is 2.34. The minimum absolute atomic E-state index is 0. The van der Waals surface area contributed by atoms with E-state index >= 15 is 0 Å². The first kappa shape index (κ1) is 19.7. The van der Waals surface area contributed by atoms with Gasteiger partial charge in [-0.1, -0.05) is 0 Å². The highest BCUT2D eigenvalue weighted by Crippen LogP contribution is 2.19. The number of hydrogen-bond acceptors (Lipinski definition) is 5. The molecule has 2 fully saturated rings. The third-order valence-electron chi connectivity index (χ3n) is 4.71. The second kappa shape index (κ2) is 8.47. The average Bonchev–Trinajstić information content (AvgIpc) is 2.80. The van der Waals surface area contributed by atoms with Crippen LogP contribution in [-0.2, 0) is 14.6 Å². The van der Waals surface area contributed by atoms with E-state index in [1.54, 1.807) is 4.90 Å². The normalized spacial score (nSPS) is 25.6. The van der Waals surface area contributed by atoms with Crippen molar-refractivity contribution in [2.45, 2.75) is 32.2 Å². The lowest BCUT2D eigenvalue weighted by atomic mass is 9.97. The van der Waals surface area contributed by atoms with Crippen LogP contribution in [0.1, 0.15) is 26.2 Å². The molecule has 2 aliphatic rings. The van der Waals surface area contributed by atoms with E-state index in [0.717, 1.165) is 32.5 Å². The van der Waals surface area contributed by atoms with Gasteiger partial charge >= 0.3 is 0 Å². The lowest BCUT2D eigenvalue weighted by Gasteiger charge is -2.34. The van der Waals surface area contributed by atoms with Gasteiger partial charge in [-0.15, -0.1) is 12.4 Å². The number of hydrogen-bond donors (Lipinski definition) is 1. The van der Waals surface area contributed by atoms with Crippen LogP contribution in [0.2, 0.25) is 0 Å². The average molecular weight is 354 g/mol. The summed E-state index contributed by atoms with van der Waals surface area (Å²) in [7, 11) is -2.95. The van der Waals surface area contributed by atoms with Crippen LogP contribution in [0.4, 0.5) is 0 Å². The number of likely N-dealkylation sites (N-methyl/N-ethyl adjacent to an activating group) is 1. The molecule has 1 unspecified atom stereocenters. The molecule has 2 N–H and O–H groups in total. The van der Waals surface area contributed by atoms with Crippen LogP contribution in [0.25, 0.3) is 0 Å². The number of halogens is 1. The van der Waals surface area contributed by atoms with E-state index in [9.17, 15) is 13.2 Å². The highest BCUT2D eigenvalue weighted by atomic mass is 35.5. The van der Waals surface area contributed by atoms with E-state index < -0.39 is 9.84 Å². The second-order valence-corrected chi connectivity index (χ2v) is 8.42. The van der Waals surface area contributed by atoms with Gasteiger partial charge in [0.1, 0.15) is 0 Å². The SMILES string of the molecule is CCN(C(=O)CN1CCC(CN)CC1)C1CCS(=O)(=O)C1.Cl. The quantitative estimate of drug-likeness (QED) is 0.758. The molecule has 0 aliphatic carbocycles. The summed E-state index contributed by atoms with van der Waals surface area (Å²) in [6.07, 6.45) is 2.68. The van der Waals surface area contributed by atoms with E-state index in [1.165, 1.54) is 0 Å². The zero-order valence-electron chi connectivity index (χ0n) is 13.2. The standard InChI is InChI=1S/C14H27N3O3S.ClH/c1-2-17(13-5-8-21(19,20)11-13)14(18)10-16-6-3-12(9-15)4-7-16;/h12-13H,2-11,15H2,1H3;1H. The third kappa shape index (κ3) is 5.08. The molecule has 0 aromatic rings. The van der Waals surface area contributed by atoms with Crippen molar-refractivity contribution in [1.29, 1.82) is 0 Å². The molecular formula is C14H28ClN3O3S. The molecule has 0 aromatic heterocycles. The molecule has 0 radical (unpaired) electrons. The monoisotopic (exact) mass is 353 g/mol. The van der Waals surface area contributed by atoms with Crippen molar-refractivity contribution in [1.82, 2.24) is 9.80 Å². The zero-order valence-corrected chi connectivity index (χ0v) is 14.9. The maximum Gasteiger partial charge on any atom is 0.237 e. The summed E-state index contributed by atoms with van der Waals surface area (Å²) in [4.78, 5) is 16.4. The molecule has 0 saturated carbocycles. The molecule has 6 nitrogen and oxygen atoms in total. The summed E-state index contributed by atoms with van der Waals surface area (Å²) in [5.74, 6) is 0.981. The first-order chi connectivity index (χ1) is 9.95. The summed E-state index contributed by atoms with van der Waals surface area (Å²) < 4.78 is 23.2. The number of carbonyl (C=O) groups excluding carboxylic acids is 1. The fourth-order valence-corrected chi connectivity index (χ4v) is 5.05. The number of rotatable bonds is 5. The van der Waals surface area contributed by atoms with E-state index in [1.807, 2.05) is 6.92 Å². The van der Waals surface area contributed by atoms with E-state index in [2.05, 4.69) is 4.90 Å². The number of carbonyl (C=O) groups is 1. The van der Waals surface area contributed by atoms with Crippen molar-refractivity contribution in [2.75, 3.05) is 44.2 Å². The molecule has 0 spiro atoms. The van der Waals surface area contributed by atoms with Crippen molar-refractivity contribution in [3.05, 3.63) is 0 Å². The molecule has 8 heteroatoms. The Morgan fingerprint density at radius 2 is 1.91 bits per heavy atom. The van der Waals surface area contributed by atoms with Crippen LogP contribution in [0.15, 0.2) is 0 Å². The maximum absolute atomic E-state index is 12.5. The second-order valence-electron chi connectivity index (χ2n) is 6.19. The largest absolute Gasteiger partial charge is 0.338 e. The number of sulfone groups is 1. The van der Waals surface area contributed by atoms with Crippen LogP contribution in [0, 0.1) is 5.92 Å².